The van der Waals surface area contributed by atoms with Crippen LogP contribution in [-0.4, -0.2) is 11.3 Å². The lowest BCUT2D eigenvalue weighted by atomic mass is 9.44. The Balaban J connectivity index is 1.26. The zero-order valence-electron chi connectivity index (χ0n) is 35.7. The second kappa shape index (κ2) is 12.6. The number of benzene rings is 8. The lowest BCUT2D eigenvalue weighted by Gasteiger charge is -2.42. The normalized spacial score (nSPS) is 13.3. The lowest BCUT2D eigenvalue weighted by Crippen LogP contribution is -2.56. The van der Waals surface area contributed by atoms with Gasteiger partial charge < -0.3 is 13.8 Å². The summed E-state index contributed by atoms with van der Waals surface area (Å²) in [7, 11) is 0. The lowest BCUT2D eigenvalue weighted by molar-refractivity contribution is 0.590. The van der Waals surface area contributed by atoms with Gasteiger partial charge in [0.05, 0.1) is 16.9 Å². The van der Waals surface area contributed by atoms with Crippen molar-refractivity contribution in [2.45, 2.75) is 47.0 Å². The average molecular weight is 815 g/mol. The van der Waals surface area contributed by atoms with E-state index in [4.69, 9.17) is 4.42 Å². The first-order chi connectivity index (χ1) is 30.1. The summed E-state index contributed by atoms with van der Waals surface area (Å²) in [6, 6.07) is 57.2. The van der Waals surface area contributed by atoms with E-state index < -0.39 is 0 Å². The molecule has 0 saturated carbocycles. The molecule has 8 aromatic carbocycles. The van der Waals surface area contributed by atoms with Crippen molar-refractivity contribution in [2.75, 3.05) is 4.90 Å². The van der Waals surface area contributed by atoms with Crippen LogP contribution in [0.25, 0.3) is 86.5 Å². The summed E-state index contributed by atoms with van der Waals surface area (Å²) in [4.78, 5) is 2.67. The van der Waals surface area contributed by atoms with Gasteiger partial charge in [-0.3, -0.25) is 0 Å². The van der Waals surface area contributed by atoms with Gasteiger partial charge in [-0.25, -0.2) is 0 Å². The molecule has 62 heavy (non-hydrogen) atoms. The highest BCUT2D eigenvalue weighted by Crippen LogP contribution is 2.53. The second-order valence-electron chi connectivity index (χ2n) is 18.6. The van der Waals surface area contributed by atoms with Gasteiger partial charge in [0.2, 0.25) is 0 Å². The van der Waals surface area contributed by atoms with Crippen molar-refractivity contribution in [1.82, 2.24) is 4.48 Å². The number of para-hydroxylation sites is 2. The van der Waals surface area contributed by atoms with E-state index in [1.807, 2.05) is 11.3 Å². The van der Waals surface area contributed by atoms with Crippen molar-refractivity contribution in [3.63, 3.8) is 0 Å². The molecule has 0 atom stereocenters. The Bertz CT molecular complexity index is 3710. The number of thiophene rings is 1. The summed E-state index contributed by atoms with van der Waals surface area (Å²) < 4.78 is 12.1. The van der Waals surface area contributed by atoms with E-state index in [2.05, 4.69) is 203 Å². The van der Waals surface area contributed by atoms with Crippen molar-refractivity contribution >= 4 is 99.3 Å². The molecule has 0 N–H and O–H groups in total. The Kier molecular flexibility index (Phi) is 7.31. The van der Waals surface area contributed by atoms with Crippen LogP contribution in [0.2, 0.25) is 0 Å². The third-order valence-corrected chi connectivity index (χ3v) is 14.9. The molecule has 5 heterocycles. The number of nitrogens with zero attached hydrogens (tertiary/aromatic N) is 2. The van der Waals surface area contributed by atoms with Crippen molar-refractivity contribution in [1.29, 1.82) is 0 Å². The minimum absolute atomic E-state index is 0.0361. The van der Waals surface area contributed by atoms with E-state index in [0.717, 1.165) is 27.5 Å². The van der Waals surface area contributed by atoms with Crippen molar-refractivity contribution < 1.29 is 4.42 Å². The molecule has 0 radical (unpaired) electrons. The van der Waals surface area contributed by atoms with Gasteiger partial charge in [-0.2, -0.15) is 0 Å². The smallest absolute Gasteiger partial charge is 0.333 e. The van der Waals surface area contributed by atoms with Gasteiger partial charge in [0.25, 0.3) is 0 Å². The molecule has 0 aliphatic carbocycles. The van der Waals surface area contributed by atoms with Gasteiger partial charge in [-0.15, -0.1) is 11.3 Å². The Labute approximate surface area is 365 Å². The van der Waals surface area contributed by atoms with Crippen LogP contribution in [0.15, 0.2) is 156 Å². The molecule has 0 fully saturated rings. The second-order valence-corrected chi connectivity index (χ2v) is 19.7. The van der Waals surface area contributed by atoms with Gasteiger partial charge in [-0.1, -0.05) is 123 Å². The van der Waals surface area contributed by atoms with Crippen LogP contribution in [0, 0.1) is 20.8 Å². The molecule has 0 bridgehead atoms. The SMILES string of the molecule is Cc1cc(C)c(-c2cc3c4c(c2)N(c2ccc(C(C)(C)C)cc2-c2ccccc2)c2c(ccc5sc6ccccc6c25)B4n2c4c-3cccc4c3oc4ccccc4c32)c(C)c1. The fourth-order valence-corrected chi connectivity index (χ4v) is 12.4. The van der Waals surface area contributed by atoms with Crippen LogP contribution in [0.1, 0.15) is 43.0 Å². The van der Waals surface area contributed by atoms with Crippen LogP contribution in [-0.2, 0) is 5.41 Å². The Morgan fingerprint density at radius 1 is 0.565 bits per heavy atom. The first kappa shape index (κ1) is 35.9. The van der Waals surface area contributed by atoms with E-state index in [0.29, 0.717) is 0 Å². The molecule has 2 aliphatic heterocycles. The Morgan fingerprint density at radius 3 is 2.11 bits per heavy atom. The highest BCUT2D eigenvalue weighted by molar-refractivity contribution is 7.26. The van der Waals surface area contributed by atoms with Crippen molar-refractivity contribution in [3.8, 4) is 33.4 Å². The number of aryl methyl sites for hydroxylation is 3. The Morgan fingerprint density at radius 2 is 1.31 bits per heavy atom. The maximum Gasteiger partial charge on any atom is 0.333 e. The molecule has 2 aliphatic rings. The standard InChI is InChI=1S/C57H43BN2OS/c1-32-27-33(2)50(34(3)28-32)36-29-43-38-19-14-20-41-53(38)60(54-39-17-10-12-21-47(39)61-56(41)54)58-44-24-26-49-51(40-18-11-13-22-48(40)62-49)55(44)59(46(30-36)52(43)58)45-25-23-37(57(4,5)6)31-42(45)35-15-8-7-9-16-35/h7-31H,1-6H3. The van der Waals surface area contributed by atoms with Crippen molar-refractivity contribution in [2.24, 2.45) is 0 Å². The van der Waals surface area contributed by atoms with E-state index >= 15 is 0 Å². The first-order valence-electron chi connectivity index (χ1n) is 21.8. The highest BCUT2D eigenvalue weighted by Gasteiger charge is 2.45. The van der Waals surface area contributed by atoms with Crippen LogP contribution in [0.3, 0.4) is 0 Å². The molecule has 0 saturated heterocycles. The summed E-state index contributed by atoms with van der Waals surface area (Å²) in [5.41, 5.74) is 23.2. The molecule has 13 rings (SSSR count). The molecule has 0 spiro atoms. The number of anilines is 3. The quantitative estimate of drug-likeness (QED) is 0.166. The zero-order valence-corrected chi connectivity index (χ0v) is 36.5. The number of rotatable bonds is 3. The number of aromatic nitrogens is 1. The third-order valence-electron chi connectivity index (χ3n) is 13.8. The predicted molar refractivity (Wildman–Crippen MR) is 266 cm³/mol. The fraction of sp³-hybridized carbons (Fsp3) is 0.123. The van der Waals surface area contributed by atoms with Crippen LogP contribution >= 0.6 is 11.3 Å². The number of hydrogen-bond donors (Lipinski definition) is 0. The number of furan rings is 1. The highest BCUT2D eigenvalue weighted by atomic mass is 32.1. The van der Waals surface area contributed by atoms with Crippen LogP contribution in [0.5, 0.6) is 0 Å². The maximum absolute atomic E-state index is 6.87. The average Bonchev–Trinajstić information content (AvgIpc) is 3.94. The number of hydrogen-bond acceptors (Lipinski definition) is 3. The molecular formula is C57H43BN2OS. The van der Waals surface area contributed by atoms with E-state index in [9.17, 15) is 0 Å². The Hall–Kier alpha value is -6.82. The van der Waals surface area contributed by atoms with Gasteiger partial charge >= 0.3 is 6.85 Å². The van der Waals surface area contributed by atoms with Crippen molar-refractivity contribution in [3.05, 3.63) is 174 Å². The van der Waals surface area contributed by atoms with Gasteiger partial charge in [0.15, 0.2) is 5.58 Å². The van der Waals surface area contributed by atoms with Gasteiger partial charge in [-0.05, 0) is 131 Å². The molecule has 0 amide bonds. The first-order valence-corrected chi connectivity index (χ1v) is 22.6. The van der Waals surface area contributed by atoms with Gasteiger partial charge in [0.1, 0.15) is 5.58 Å². The largest absolute Gasteiger partial charge is 0.454 e. The minimum Gasteiger partial charge on any atom is -0.454 e. The van der Waals surface area contributed by atoms with Crippen LogP contribution in [0.4, 0.5) is 17.1 Å². The zero-order chi connectivity index (χ0) is 41.8. The molecular weight excluding hydrogens is 772 g/mol. The third kappa shape index (κ3) is 4.83. The molecule has 3 aromatic heterocycles. The molecule has 0 unspecified atom stereocenters. The number of fused-ring (bicyclic) bond motifs is 13. The summed E-state index contributed by atoms with van der Waals surface area (Å²) in [5, 5.41) is 4.90. The molecule has 5 heteroatoms. The monoisotopic (exact) mass is 814 g/mol. The van der Waals surface area contributed by atoms with E-state index in [1.165, 1.54) is 109 Å². The van der Waals surface area contributed by atoms with Gasteiger partial charge in [0, 0.05) is 53.3 Å². The van der Waals surface area contributed by atoms with Crippen LogP contribution < -0.4 is 15.8 Å². The maximum atomic E-state index is 6.87. The molecule has 296 valence electrons. The topological polar surface area (TPSA) is 21.3 Å². The van der Waals surface area contributed by atoms with E-state index in [-0.39, 0.29) is 12.3 Å². The predicted octanol–water partition coefficient (Wildman–Crippen LogP) is 14.9. The summed E-state index contributed by atoms with van der Waals surface area (Å²) >= 11 is 1.89. The fourth-order valence-electron chi connectivity index (χ4n) is 11.3. The molecule has 3 nitrogen and oxygen atoms in total. The minimum atomic E-state index is -0.117. The summed E-state index contributed by atoms with van der Waals surface area (Å²) in [6.07, 6.45) is 0. The summed E-state index contributed by atoms with van der Waals surface area (Å²) in [6.45, 7) is 13.6. The van der Waals surface area contributed by atoms with E-state index in [1.54, 1.807) is 0 Å². The molecule has 11 aromatic rings. The summed E-state index contributed by atoms with van der Waals surface area (Å²) in [5.74, 6) is 0.